The minimum atomic E-state index is -0.882. The van der Waals surface area contributed by atoms with Crippen LogP contribution in [0, 0.1) is 11.7 Å². The molecule has 0 aromatic heterocycles. The van der Waals surface area contributed by atoms with Gasteiger partial charge in [0.15, 0.2) is 11.5 Å². The monoisotopic (exact) mass is 454 g/mol. The van der Waals surface area contributed by atoms with Crippen molar-refractivity contribution in [3.8, 4) is 11.5 Å². The van der Waals surface area contributed by atoms with Crippen LogP contribution < -0.4 is 14.8 Å². The van der Waals surface area contributed by atoms with Gasteiger partial charge in [-0.05, 0) is 61.4 Å². The van der Waals surface area contributed by atoms with Gasteiger partial charge >= 0.3 is 0 Å². The summed E-state index contributed by atoms with van der Waals surface area (Å²) in [6, 6.07) is 10.5. The highest BCUT2D eigenvalue weighted by Gasteiger charge is 2.53. The minimum Gasteiger partial charge on any atom is -0.454 e. The molecule has 1 N–H and O–H groups in total. The fraction of sp³-hybridized carbons (Fsp3) is 0.440. The van der Waals surface area contributed by atoms with Gasteiger partial charge in [0.05, 0.1) is 12.2 Å². The molecule has 1 spiro atoms. The normalized spacial score (nSPS) is 25.9. The number of hydrogen-bond acceptors (Lipinski definition) is 5. The molecule has 1 saturated carbocycles. The van der Waals surface area contributed by atoms with Gasteiger partial charge in [-0.15, -0.1) is 0 Å². The maximum atomic E-state index is 14.5. The zero-order valence-corrected chi connectivity index (χ0v) is 18.5. The van der Waals surface area contributed by atoms with Crippen LogP contribution in [0.4, 0.5) is 4.39 Å². The minimum absolute atomic E-state index is 0.0467. The Morgan fingerprint density at radius 2 is 1.88 bits per heavy atom. The first kappa shape index (κ1) is 21.7. The lowest BCUT2D eigenvalue weighted by Gasteiger charge is -2.43. The molecule has 1 atom stereocenters. The van der Waals surface area contributed by atoms with E-state index < -0.39 is 23.5 Å². The summed E-state index contributed by atoms with van der Waals surface area (Å²) in [5.41, 5.74) is -0.0821. The third kappa shape index (κ3) is 4.04. The first-order valence-electron chi connectivity index (χ1n) is 11.4. The Balaban J connectivity index is 1.37. The molecule has 2 amide bonds. The Labute approximate surface area is 191 Å². The molecule has 1 aliphatic carbocycles. The van der Waals surface area contributed by atoms with Gasteiger partial charge < -0.3 is 19.5 Å². The molecule has 0 bridgehead atoms. The van der Waals surface area contributed by atoms with E-state index >= 15 is 0 Å². The van der Waals surface area contributed by atoms with Crippen LogP contribution in [0.15, 0.2) is 42.5 Å². The molecule has 3 aliphatic rings. The molecule has 2 fully saturated rings. The standard InChI is InChI=1S/C25H27FN2O5/c1-16-8-10-25(11-9-16)28(24(30)18-4-2-3-5-19(18)26)20(14-33-25)23(29)27-13-17-6-7-21-22(12-17)32-15-31-21/h2-7,12,16,20H,8-11,13-15H2,1H3,(H,27,29). The van der Waals surface area contributed by atoms with Crippen molar-refractivity contribution >= 4 is 11.8 Å². The fourth-order valence-corrected chi connectivity index (χ4v) is 4.90. The molecular weight excluding hydrogens is 427 g/mol. The summed E-state index contributed by atoms with van der Waals surface area (Å²) < 4.78 is 31.4. The number of amides is 2. The third-order valence-electron chi connectivity index (χ3n) is 6.85. The van der Waals surface area contributed by atoms with E-state index in [0.717, 1.165) is 18.4 Å². The highest BCUT2D eigenvalue weighted by molar-refractivity contribution is 5.98. The zero-order valence-electron chi connectivity index (χ0n) is 18.5. The number of ether oxygens (including phenoxy) is 3. The predicted octanol–water partition coefficient (Wildman–Crippen LogP) is 3.62. The number of nitrogens with zero attached hydrogens (tertiary/aromatic N) is 1. The molecule has 1 unspecified atom stereocenters. The Kier molecular flexibility index (Phi) is 5.70. The number of hydrogen-bond donors (Lipinski definition) is 1. The second kappa shape index (κ2) is 8.67. The van der Waals surface area contributed by atoms with Crippen molar-refractivity contribution in [3.05, 3.63) is 59.4 Å². The number of halogens is 1. The fourth-order valence-electron chi connectivity index (χ4n) is 4.90. The zero-order chi connectivity index (χ0) is 23.0. The molecule has 2 aromatic rings. The quantitative estimate of drug-likeness (QED) is 0.764. The predicted molar refractivity (Wildman–Crippen MR) is 117 cm³/mol. The van der Waals surface area contributed by atoms with Crippen LogP contribution in [-0.4, -0.2) is 41.9 Å². The number of rotatable bonds is 4. The molecule has 33 heavy (non-hydrogen) atoms. The van der Waals surface area contributed by atoms with E-state index in [-0.39, 0.29) is 31.4 Å². The van der Waals surface area contributed by atoms with E-state index in [1.807, 2.05) is 12.1 Å². The van der Waals surface area contributed by atoms with Crippen LogP contribution in [-0.2, 0) is 16.1 Å². The summed E-state index contributed by atoms with van der Waals surface area (Å²) in [6.45, 7) is 2.69. The van der Waals surface area contributed by atoms with Crippen LogP contribution in [0.5, 0.6) is 11.5 Å². The van der Waals surface area contributed by atoms with Gasteiger partial charge in [-0.3, -0.25) is 14.5 Å². The number of nitrogens with one attached hydrogen (secondary N) is 1. The van der Waals surface area contributed by atoms with Crippen LogP contribution in [0.2, 0.25) is 0 Å². The van der Waals surface area contributed by atoms with Crippen molar-refractivity contribution in [3.63, 3.8) is 0 Å². The van der Waals surface area contributed by atoms with Gasteiger partial charge in [-0.25, -0.2) is 4.39 Å². The first-order valence-corrected chi connectivity index (χ1v) is 11.4. The van der Waals surface area contributed by atoms with Crippen molar-refractivity contribution in [1.82, 2.24) is 10.2 Å². The Bertz CT molecular complexity index is 1070. The number of carbonyl (C=O) groups is 2. The SMILES string of the molecule is CC1CCC2(CC1)OCC(C(=O)NCc1ccc3c(c1)OCO3)N2C(=O)c1ccccc1F. The molecule has 174 valence electrons. The molecular formula is C25H27FN2O5. The van der Waals surface area contributed by atoms with Gasteiger partial charge in [0.2, 0.25) is 12.7 Å². The molecule has 8 heteroatoms. The van der Waals surface area contributed by atoms with E-state index in [2.05, 4.69) is 12.2 Å². The molecule has 2 aliphatic heterocycles. The van der Waals surface area contributed by atoms with Crippen LogP contribution in [0.1, 0.15) is 48.5 Å². The van der Waals surface area contributed by atoms with Crippen LogP contribution in [0.25, 0.3) is 0 Å². The van der Waals surface area contributed by atoms with E-state index in [9.17, 15) is 14.0 Å². The Hall–Kier alpha value is -3.13. The third-order valence-corrected chi connectivity index (χ3v) is 6.85. The molecule has 0 radical (unpaired) electrons. The number of fused-ring (bicyclic) bond motifs is 1. The molecule has 2 heterocycles. The van der Waals surface area contributed by atoms with Crippen molar-refractivity contribution in [2.75, 3.05) is 13.4 Å². The van der Waals surface area contributed by atoms with E-state index in [4.69, 9.17) is 14.2 Å². The first-order chi connectivity index (χ1) is 16.0. The molecule has 5 rings (SSSR count). The Morgan fingerprint density at radius 1 is 1.12 bits per heavy atom. The number of benzene rings is 2. The summed E-state index contributed by atoms with van der Waals surface area (Å²) in [5, 5.41) is 2.91. The highest BCUT2D eigenvalue weighted by atomic mass is 19.1. The van der Waals surface area contributed by atoms with Crippen LogP contribution >= 0.6 is 0 Å². The largest absolute Gasteiger partial charge is 0.454 e. The van der Waals surface area contributed by atoms with Gasteiger partial charge in [-0.1, -0.05) is 25.1 Å². The molecule has 1 saturated heterocycles. The number of carbonyl (C=O) groups excluding carboxylic acids is 2. The highest BCUT2D eigenvalue weighted by Crippen LogP contribution is 2.43. The average molecular weight is 454 g/mol. The summed E-state index contributed by atoms with van der Waals surface area (Å²) >= 11 is 0. The van der Waals surface area contributed by atoms with Gasteiger partial charge in [0.1, 0.15) is 17.6 Å². The van der Waals surface area contributed by atoms with Crippen molar-refractivity contribution in [2.24, 2.45) is 5.92 Å². The maximum Gasteiger partial charge on any atom is 0.259 e. The summed E-state index contributed by atoms with van der Waals surface area (Å²) in [5.74, 6) is 0.384. The maximum absolute atomic E-state index is 14.5. The lowest BCUT2D eigenvalue weighted by atomic mass is 9.83. The van der Waals surface area contributed by atoms with Gasteiger partial charge in [0.25, 0.3) is 5.91 Å². The van der Waals surface area contributed by atoms with Crippen molar-refractivity contribution in [2.45, 2.75) is 50.9 Å². The van der Waals surface area contributed by atoms with E-state index in [0.29, 0.717) is 30.3 Å². The second-order valence-electron chi connectivity index (χ2n) is 9.02. The van der Waals surface area contributed by atoms with E-state index in [1.165, 1.54) is 17.0 Å². The lowest BCUT2D eigenvalue weighted by molar-refractivity contribution is -0.128. The van der Waals surface area contributed by atoms with Gasteiger partial charge in [0, 0.05) is 6.54 Å². The topological polar surface area (TPSA) is 77.1 Å². The molecule has 7 nitrogen and oxygen atoms in total. The van der Waals surface area contributed by atoms with Gasteiger partial charge in [-0.2, -0.15) is 0 Å². The smallest absolute Gasteiger partial charge is 0.259 e. The summed E-state index contributed by atoms with van der Waals surface area (Å²) in [6.07, 6.45) is 3.01. The Morgan fingerprint density at radius 3 is 2.67 bits per heavy atom. The van der Waals surface area contributed by atoms with Crippen molar-refractivity contribution in [1.29, 1.82) is 0 Å². The van der Waals surface area contributed by atoms with Crippen molar-refractivity contribution < 1.29 is 28.2 Å². The molecule has 2 aromatic carbocycles. The summed E-state index contributed by atoms with van der Waals surface area (Å²) in [4.78, 5) is 28.3. The average Bonchev–Trinajstić information content (AvgIpc) is 3.44. The van der Waals surface area contributed by atoms with Crippen LogP contribution in [0.3, 0.4) is 0 Å². The van der Waals surface area contributed by atoms with E-state index in [1.54, 1.807) is 18.2 Å². The summed E-state index contributed by atoms with van der Waals surface area (Å²) in [7, 11) is 0. The second-order valence-corrected chi connectivity index (χ2v) is 9.02. The lowest BCUT2D eigenvalue weighted by Crippen LogP contribution is -2.56.